The molecule has 0 atom stereocenters. The summed E-state index contributed by atoms with van der Waals surface area (Å²) in [6.07, 6.45) is 5.60. The van der Waals surface area contributed by atoms with E-state index in [1.165, 1.54) is 0 Å². The molecule has 1 aromatic carbocycles. The van der Waals surface area contributed by atoms with Gasteiger partial charge in [0.05, 0.1) is 22.3 Å². The van der Waals surface area contributed by atoms with Crippen molar-refractivity contribution < 1.29 is 0 Å². The normalized spacial score (nSPS) is 10.9. The summed E-state index contributed by atoms with van der Waals surface area (Å²) >= 11 is 1.67. The highest BCUT2D eigenvalue weighted by atomic mass is 32.2. The average Bonchev–Trinajstić information content (AvgIpc) is 2.79. The van der Waals surface area contributed by atoms with Gasteiger partial charge < -0.3 is 5.73 Å². The molecule has 0 fully saturated rings. The van der Waals surface area contributed by atoms with Crippen LogP contribution in [0, 0.1) is 0 Å². The van der Waals surface area contributed by atoms with E-state index in [1.807, 2.05) is 43.7 Å². The van der Waals surface area contributed by atoms with Gasteiger partial charge in [-0.2, -0.15) is 5.10 Å². The smallest absolute Gasteiger partial charge is 0.0942 e. The minimum absolute atomic E-state index is 0.709. The zero-order valence-electron chi connectivity index (χ0n) is 9.87. The molecule has 5 heteroatoms. The summed E-state index contributed by atoms with van der Waals surface area (Å²) in [6, 6.07) is 7.89. The van der Waals surface area contributed by atoms with Gasteiger partial charge in [0.1, 0.15) is 0 Å². The first-order valence-electron chi connectivity index (χ1n) is 5.54. The van der Waals surface area contributed by atoms with Gasteiger partial charge in [0.25, 0.3) is 0 Å². The summed E-state index contributed by atoms with van der Waals surface area (Å²) in [5.74, 6) is 0. The third kappa shape index (κ3) is 1.93. The minimum atomic E-state index is 0.709. The van der Waals surface area contributed by atoms with Crippen LogP contribution in [0.2, 0.25) is 0 Å². The molecule has 18 heavy (non-hydrogen) atoms. The second-order valence-electron chi connectivity index (χ2n) is 4.00. The molecule has 0 aliphatic rings. The largest absolute Gasteiger partial charge is 0.397 e. The number of fused-ring (bicyclic) bond motifs is 1. The van der Waals surface area contributed by atoms with Crippen LogP contribution in [0.15, 0.2) is 52.6 Å². The Kier molecular flexibility index (Phi) is 2.68. The van der Waals surface area contributed by atoms with Crippen molar-refractivity contribution in [3.8, 4) is 0 Å². The molecule has 0 bridgehead atoms. The minimum Gasteiger partial charge on any atom is -0.397 e. The van der Waals surface area contributed by atoms with Crippen molar-refractivity contribution in [1.29, 1.82) is 0 Å². The van der Waals surface area contributed by atoms with Crippen LogP contribution < -0.4 is 5.73 Å². The van der Waals surface area contributed by atoms with Crippen molar-refractivity contribution >= 4 is 28.4 Å². The first-order chi connectivity index (χ1) is 8.74. The van der Waals surface area contributed by atoms with Crippen LogP contribution in [0.1, 0.15) is 0 Å². The van der Waals surface area contributed by atoms with E-state index in [-0.39, 0.29) is 0 Å². The molecule has 90 valence electrons. The lowest BCUT2D eigenvalue weighted by Gasteiger charge is -2.06. The van der Waals surface area contributed by atoms with E-state index in [2.05, 4.69) is 10.1 Å². The predicted molar refractivity (Wildman–Crippen MR) is 73.5 cm³/mol. The van der Waals surface area contributed by atoms with Gasteiger partial charge in [-0.05, 0) is 18.2 Å². The van der Waals surface area contributed by atoms with Gasteiger partial charge in [0.2, 0.25) is 0 Å². The second-order valence-corrected chi connectivity index (χ2v) is 5.12. The Hall–Kier alpha value is -2.01. The van der Waals surface area contributed by atoms with Crippen molar-refractivity contribution in [3.63, 3.8) is 0 Å². The molecule has 3 rings (SSSR count). The average molecular weight is 256 g/mol. The molecule has 0 aliphatic carbocycles. The van der Waals surface area contributed by atoms with Crippen molar-refractivity contribution in [3.05, 3.63) is 42.9 Å². The number of hydrogen-bond donors (Lipinski definition) is 1. The lowest BCUT2D eigenvalue weighted by atomic mass is 10.2. The van der Waals surface area contributed by atoms with Crippen molar-refractivity contribution in [2.75, 3.05) is 5.73 Å². The fourth-order valence-corrected chi connectivity index (χ4v) is 2.81. The van der Waals surface area contributed by atoms with Crippen LogP contribution in [0.3, 0.4) is 0 Å². The van der Waals surface area contributed by atoms with Gasteiger partial charge >= 0.3 is 0 Å². The first-order valence-corrected chi connectivity index (χ1v) is 6.35. The molecular weight excluding hydrogens is 244 g/mol. The lowest BCUT2D eigenvalue weighted by Crippen LogP contribution is -1.90. The third-order valence-electron chi connectivity index (χ3n) is 2.67. The molecule has 0 amide bonds. The first kappa shape index (κ1) is 11.1. The molecule has 0 aliphatic heterocycles. The molecule has 2 heterocycles. The van der Waals surface area contributed by atoms with Crippen molar-refractivity contribution in [2.24, 2.45) is 7.05 Å². The van der Waals surface area contributed by atoms with Gasteiger partial charge in [-0.1, -0.05) is 17.8 Å². The van der Waals surface area contributed by atoms with Crippen LogP contribution in [0.5, 0.6) is 0 Å². The number of nitrogens with two attached hydrogens (primary N) is 1. The summed E-state index contributed by atoms with van der Waals surface area (Å²) in [4.78, 5) is 6.57. The quantitative estimate of drug-likeness (QED) is 0.716. The van der Waals surface area contributed by atoms with Crippen molar-refractivity contribution in [2.45, 2.75) is 9.79 Å². The third-order valence-corrected chi connectivity index (χ3v) is 3.69. The number of nitrogens with zero attached hydrogens (tertiary/aromatic N) is 3. The fourth-order valence-electron chi connectivity index (χ4n) is 1.84. The molecule has 2 N–H and O–H groups in total. The van der Waals surface area contributed by atoms with Crippen molar-refractivity contribution in [1.82, 2.24) is 14.8 Å². The van der Waals surface area contributed by atoms with E-state index >= 15 is 0 Å². The Morgan fingerprint density at radius 3 is 2.94 bits per heavy atom. The molecule has 4 nitrogen and oxygen atoms in total. The SMILES string of the molecule is Cn1cc(Sc2ccc(N)c3ncccc23)cn1. The van der Waals surface area contributed by atoms with Crippen LogP contribution in [0.4, 0.5) is 5.69 Å². The maximum atomic E-state index is 5.93. The van der Waals surface area contributed by atoms with E-state index in [0.29, 0.717) is 5.69 Å². The molecule has 0 saturated heterocycles. The van der Waals surface area contributed by atoms with E-state index in [0.717, 1.165) is 20.7 Å². The summed E-state index contributed by atoms with van der Waals surface area (Å²) in [7, 11) is 1.91. The van der Waals surface area contributed by atoms with E-state index in [4.69, 9.17) is 5.73 Å². The molecule has 0 spiro atoms. The second kappa shape index (κ2) is 4.34. The molecule has 2 aromatic heterocycles. The number of anilines is 1. The highest BCUT2D eigenvalue weighted by Crippen LogP contribution is 2.34. The van der Waals surface area contributed by atoms with Gasteiger partial charge in [-0.15, -0.1) is 0 Å². The standard InChI is InChI=1S/C13H12N4S/c1-17-8-9(7-16-17)18-12-5-4-11(14)13-10(12)3-2-6-15-13/h2-8H,14H2,1H3. The summed E-state index contributed by atoms with van der Waals surface area (Å²) in [5, 5.41) is 5.24. The maximum absolute atomic E-state index is 5.93. The Morgan fingerprint density at radius 2 is 2.17 bits per heavy atom. The number of aryl methyl sites for hydroxylation is 1. The molecule has 0 unspecified atom stereocenters. The van der Waals surface area contributed by atoms with Gasteiger partial charge in [-0.25, -0.2) is 0 Å². The summed E-state index contributed by atoms with van der Waals surface area (Å²) < 4.78 is 1.79. The number of aromatic nitrogens is 3. The Balaban J connectivity index is 2.09. The van der Waals surface area contributed by atoms with Crippen LogP contribution >= 0.6 is 11.8 Å². The Bertz CT molecular complexity index is 705. The highest BCUT2D eigenvalue weighted by molar-refractivity contribution is 7.99. The number of pyridine rings is 1. The van der Waals surface area contributed by atoms with Crippen LogP contribution in [-0.2, 0) is 7.05 Å². The van der Waals surface area contributed by atoms with E-state index < -0.39 is 0 Å². The topological polar surface area (TPSA) is 56.7 Å². The van der Waals surface area contributed by atoms with Gasteiger partial charge in [-0.3, -0.25) is 9.67 Å². The molecule has 3 aromatic rings. The van der Waals surface area contributed by atoms with E-state index in [9.17, 15) is 0 Å². The highest BCUT2D eigenvalue weighted by Gasteiger charge is 2.07. The molecule has 0 radical (unpaired) electrons. The number of nitrogen functional groups attached to an aromatic ring is 1. The van der Waals surface area contributed by atoms with E-state index in [1.54, 1.807) is 22.6 Å². The molecule has 0 saturated carbocycles. The maximum Gasteiger partial charge on any atom is 0.0942 e. The summed E-state index contributed by atoms with van der Waals surface area (Å²) in [6.45, 7) is 0. The monoisotopic (exact) mass is 256 g/mol. The number of hydrogen-bond acceptors (Lipinski definition) is 4. The summed E-state index contributed by atoms with van der Waals surface area (Å²) in [5.41, 5.74) is 7.50. The Morgan fingerprint density at radius 1 is 1.28 bits per heavy atom. The number of benzene rings is 1. The predicted octanol–water partition coefficient (Wildman–Crippen LogP) is 2.70. The van der Waals surface area contributed by atoms with Crippen LogP contribution in [0.25, 0.3) is 10.9 Å². The molecular formula is C13H12N4S. The van der Waals surface area contributed by atoms with Gasteiger partial charge in [0, 0.05) is 29.7 Å². The fraction of sp³-hybridized carbons (Fsp3) is 0.0769. The van der Waals surface area contributed by atoms with Crippen LogP contribution in [-0.4, -0.2) is 14.8 Å². The van der Waals surface area contributed by atoms with Gasteiger partial charge in [0.15, 0.2) is 0 Å². The zero-order valence-corrected chi connectivity index (χ0v) is 10.7. The lowest BCUT2D eigenvalue weighted by molar-refractivity contribution is 0.766. The Labute approximate surface area is 109 Å². The zero-order chi connectivity index (χ0) is 12.5. The number of rotatable bonds is 2.